The minimum Gasteiger partial charge on any atom is -0.294 e. The van der Waals surface area contributed by atoms with Crippen LogP contribution in [0.5, 0.6) is 0 Å². The van der Waals surface area contributed by atoms with Gasteiger partial charge < -0.3 is 0 Å². The van der Waals surface area contributed by atoms with Gasteiger partial charge in [-0.15, -0.1) is 0 Å². The average Bonchev–Trinajstić information content (AvgIpc) is 2.16. The summed E-state index contributed by atoms with van der Waals surface area (Å²) in [5.74, 6) is 0. The monoisotopic (exact) mass is 175 g/mol. The Hall–Kier alpha value is -1.51. The molecule has 3 heteroatoms. The summed E-state index contributed by atoms with van der Waals surface area (Å²) >= 11 is 0. The first-order chi connectivity index (χ1) is 6.36. The lowest BCUT2D eigenvalue weighted by Crippen LogP contribution is -1.93. The molecule has 1 aromatic rings. The SMILES string of the molecule is CCN=Cc1cccc(C=NC)n1. The molecule has 0 bridgehead atoms. The van der Waals surface area contributed by atoms with Gasteiger partial charge in [0, 0.05) is 26.0 Å². The molecule has 0 spiro atoms. The minimum atomic E-state index is 0.785. The molecule has 0 aliphatic carbocycles. The van der Waals surface area contributed by atoms with Crippen molar-refractivity contribution in [1.82, 2.24) is 4.98 Å². The highest BCUT2D eigenvalue weighted by Gasteiger charge is 1.90. The van der Waals surface area contributed by atoms with Gasteiger partial charge in [0.15, 0.2) is 0 Å². The van der Waals surface area contributed by atoms with E-state index in [9.17, 15) is 0 Å². The zero-order valence-corrected chi connectivity index (χ0v) is 7.94. The highest BCUT2D eigenvalue weighted by molar-refractivity contribution is 5.81. The van der Waals surface area contributed by atoms with Crippen LogP contribution in [-0.4, -0.2) is 31.0 Å². The molecule has 0 aliphatic rings. The van der Waals surface area contributed by atoms with Gasteiger partial charge in [-0.2, -0.15) is 0 Å². The van der Waals surface area contributed by atoms with Gasteiger partial charge in [0.1, 0.15) is 0 Å². The van der Waals surface area contributed by atoms with Crippen LogP contribution in [0.3, 0.4) is 0 Å². The molecule has 0 radical (unpaired) electrons. The van der Waals surface area contributed by atoms with Gasteiger partial charge >= 0.3 is 0 Å². The minimum absolute atomic E-state index is 0.785. The summed E-state index contributed by atoms with van der Waals surface area (Å²) in [7, 11) is 1.73. The van der Waals surface area contributed by atoms with Crippen molar-refractivity contribution in [2.75, 3.05) is 13.6 Å². The molecule has 0 aromatic carbocycles. The van der Waals surface area contributed by atoms with Gasteiger partial charge in [-0.3, -0.25) is 9.98 Å². The van der Waals surface area contributed by atoms with E-state index in [4.69, 9.17) is 0 Å². The van der Waals surface area contributed by atoms with E-state index >= 15 is 0 Å². The van der Waals surface area contributed by atoms with Gasteiger partial charge in [-0.1, -0.05) is 6.07 Å². The fourth-order valence-electron chi connectivity index (χ4n) is 0.930. The van der Waals surface area contributed by atoms with E-state index in [0.717, 1.165) is 17.9 Å². The van der Waals surface area contributed by atoms with Crippen LogP contribution < -0.4 is 0 Å². The number of hydrogen-bond acceptors (Lipinski definition) is 3. The van der Waals surface area contributed by atoms with E-state index in [-0.39, 0.29) is 0 Å². The second kappa shape index (κ2) is 5.19. The molecule has 3 nitrogen and oxygen atoms in total. The molecule has 0 unspecified atom stereocenters. The van der Waals surface area contributed by atoms with Crippen LogP contribution in [0.4, 0.5) is 0 Å². The van der Waals surface area contributed by atoms with Gasteiger partial charge in [0.2, 0.25) is 0 Å². The second-order valence-electron chi connectivity index (χ2n) is 2.50. The van der Waals surface area contributed by atoms with Gasteiger partial charge in [-0.25, -0.2) is 4.98 Å². The Morgan fingerprint density at radius 3 is 2.62 bits per heavy atom. The Bertz CT molecular complexity index is 316. The number of pyridine rings is 1. The predicted octanol–water partition coefficient (Wildman–Crippen LogP) is 1.57. The molecule has 1 rings (SSSR count). The third kappa shape index (κ3) is 3.15. The van der Waals surface area contributed by atoms with E-state index < -0.39 is 0 Å². The zero-order chi connectivity index (χ0) is 9.52. The van der Waals surface area contributed by atoms with Crippen LogP contribution >= 0.6 is 0 Å². The van der Waals surface area contributed by atoms with Gasteiger partial charge in [0.25, 0.3) is 0 Å². The molecule has 0 amide bonds. The number of rotatable bonds is 3. The lowest BCUT2D eigenvalue weighted by Gasteiger charge is -1.93. The van der Waals surface area contributed by atoms with Crippen LogP contribution in [0.1, 0.15) is 18.3 Å². The normalized spacial score (nSPS) is 11.5. The van der Waals surface area contributed by atoms with Crippen molar-refractivity contribution in [3.8, 4) is 0 Å². The molecule has 68 valence electrons. The molecule has 0 atom stereocenters. The summed E-state index contributed by atoms with van der Waals surface area (Å²) in [4.78, 5) is 12.3. The number of nitrogens with zero attached hydrogens (tertiary/aromatic N) is 3. The Labute approximate surface area is 78.3 Å². The molecule has 1 heterocycles. The lowest BCUT2D eigenvalue weighted by molar-refractivity contribution is 1.13. The van der Waals surface area contributed by atoms with Crippen LogP contribution in [0, 0.1) is 0 Å². The number of aliphatic imine (C=N–C) groups is 2. The van der Waals surface area contributed by atoms with Crippen molar-refractivity contribution < 1.29 is 0 Å². The topological polar surface area (TPSA) is 37.6 Å². The Morgan fingerprint density at radius 1 is 1.31 bits per heavy atom. The van der Waals surface area contributed by atoms with Crippen LogP contribution in [0.15, 0.2) is 28.2 Å². The van der Waals surface area contributed by atoms with Gasteiger partial charge in [-0.05, 0) is 19.1 Å². The maximum Gasteiger partial charge on any atom is 0.0815 e. The molecular formula is C10H13N3. The molecule has 0 N–H and O–H groups in total. The largest absolute Gasteiger partial charge is 0.294 e. The highest BCUT2D eigenvalue weighted by atomic mass is 14.8. The molecule has 1 aromatic heterocycles. The summed E-state index contributed by atoms with van der Waals surface area (Å²) in [5.41, 5.74) is 1.74. The second-order valence-corrected chi connectivity index (χ2v) is 2.50. The van der Waals surface area contributed by atoms with Crippen molar-refractivity contribution in [1.29, 1.82) is 0 Å². The van der Waals surface area contributed by atoms with E-state index in [2.05, 4.69) is 15.0 Å². The fourth-order valence-corrected chi connectivity index (χ4v) is 0.930. The van der Waals surface area contributed by atoms with Crippen LogP contribution in [0.2, 0.25) is 0 Å². The summed E-state index contributed by atoms with van der Waals surface area (Å²) in [6.07, 6.45) is 3.50. The number of hydrogen-bond donors (Lipinski definition) is 0. The smallest absolute Gasteiger partial charge is 0.0815 e. The first-order valence-corrected chi connectivity index (χ1v) is 4.26. The number of aromatic nitrogens is 1. The van der Waals surface area contributed by atoms with E-state index in [1.807, 2.05) is 25.1 Å². The Balaban J connectivity index is 2.85. The first kappa shape index (κ1) is 9.58. The predicted molar refractivity (Wildman–Crippen MR) is 55.9 cm³/mol. The Morgan fingerprint density at radius 2 is 2.00 bits per heavy atom. The molecule has 13 heavy (non-hydrogen) atoms. The first-order valence-electron chi connectivity index (χ1n) is 4.26. The third-order valence-corrected chi connectivity index (χ3v) is 1.46. The molecule has 0 aliphatic heterocycles. The standard InChI is InChI=1S/C10H13N3/c1-3-12-8-10-6-4-5-9(13-10)7-11-2/h4-8H,3H2,1-2H3. The molecule has 0 fully saturated rings. The van der Waals surface area contributed by atoms with Crippen molar-refractivity contribution in [3.05, 3.63) is 29.6 Å². The summed E-state index contributed by atoms with van der Waals surface area (Å²) in [6.45, 7) is 2.78. The van der Waals surface area contributed by atoms with Crippen molar-refractivity contribution in [2.45, 2.75) is 6.92 Å². The summed E-state index contributed by atoms with van der Waals surface area (Å²) < 4.78 is 0. The van der Waals surface area contributed by atoms with Crippen molar-refractivity contribution in [3.63, 3.8) is 0 Å². The maximum absolute atomic E-state index is 4.30. The van der Waals surface area contributed by atoms with E-state index in [1.54, 1.807) is 19.5 Å². The van der Waals surface area contributed by atoms with E-state index in [0.29, 0.717) is 0 Å². The van der Waals surface area contributed by atoms with E-state index in [1.165, 1.54) is 0 Å². The quantitative estimate of drug-likeness (QED) is 0.642. The molecule has 0 saturated carbocycles. The highest BCUT2D eigenvalue weighted by Crippen LogP contribution is 1.94. The third-order valence-electron chi connectivity index (χ3n) is 1.46. The maximum atomic E-state index is 4.30. The van der Waals surface area contributed by atoms with Gasteiger partial charge in [0.05, 0.1) is 11.4 Å². The average molecular weight is 175 g/mol. The molecular weight excluding hydrogens is 162 g/mol. The van der Waals surface area contributed by atoms with Crippen molar-refractivity contribution in [2.24, 2.45) is 9.98 Å². The Kier molecular flexibility index (Phi) is 3.82. The lowest BCUT2D eigenvalue weighted by atomic mass is 10.3. The summed E-state index contributed by atoms with van der Waals surface area (Å²) in [6, 6.07) is 5.78. The van der Waals surface area contributed by atoms with Crippen LogP contribution in [-0.2, 0) is 0 Å². The summed E-state index contributed by atoms with van der Waals surface area (Å²) in [5, 5.41) is 0. The van der Waals surface area contributed by atoms with Crippen molar-refractivity contribution >= 4 is 12.4 Å². The molecule has 0 saturated heterocycles. The zero-order valence-electron chi connectivity index (χ0n) is 7.94. The van der Waals surface area contributed by atoms with Crippen LogP contribution in [0.25, 0.3) is 0 Å². The fraction of sp³-hybridized carbons (Fsp3) is 0.300.